The number of piperazine rings is 2. The fourth-order valence-corrected chi connectivity index (χ4v) is 13.6. The number of Topliss-reactive ketones (excluding diaryl/α,β-unsaturated/α-hetero) is 1. The molecule has 0 amide bonds. The van der Waals surface area contributed by atoms with Crippen molar-refractivity contribution in [3.8, 4) is 0 Å². The predicted molar refractivity (Wildman–Crippen MR) is 273 cm³/mol. The number of aliphatic imine (C=N–C) groups is 2. The van der Waals surface area contributed by atoms with E-state index < -0.39 is 0 Å². The Kier molecular flexibility index (Phi) is 14.2. The van der Waals surface area contributed by atoms with Gasteiger partial charge in [0, 0.05) is 110 Å². The van der Waals surface area contributed by atoms with E-state index in [1.807, 2.05) is 23.5 Å². The van der Waals surface area contributed by atoms with Crippen molar-refractivity contribution in [3.63, 3.8) is 0 Å². The van der Waals surface area contributed by atoms with Crippen LogP contribution in [-0.2, 0) is 4.79 Å². The number of benzene rings is 2. The lowest BCUT2D eigenvalue weighted by atomic mass is 10.0. The van der Waals surface area contributed by atoms with Gasteiger partial charge in [-0.25, -0.2) is 0 Å². The second kappa shape index (κ2) is 20.2. The topological polar surface area (TPSA) is 110 Å². The van der Waals surface area contributed by atoms with Crippen LogP contribution in [0.15, 0.2) is 46.4 Å². The second-order valence-corrected chi connectivity index (χ2v) is 22.2. The van der Waals surface area contributed by atoms with Crippen LogP contribution in [0.3, 0.4) is 0 Å². The Morgan fingerprint density at radius 1 is 0.641 bits per heavy atom. The van der Waals surface area contributed by atoms with Crippen LogP contribution in [0.2, 0.25) is 10.0 Å². The molecule has 0 radical (unpaired) electrons. The van der Waals surface area contributed by atoms with Gasteiger partial charge in [0.25, 0.3) is 0 Å². The van der Waals surface area contributed by atoms with Crippen molar-refractivity contribution >= 4 is 95.8 Å². The molecule has 2 aromatic carbocycles. The molecular formula is C49H66Cl2N10OS2. The third kappa shape index (κ3) is 10.4. The van der Waals surface area contributed by atoms with Gasteiger partial charge in [0.15, 0.2) is 5.78 Å². The number of H-pyrrole nitrogens is 2. The van der Waals surface area contributed by atoms with Gasteiger partial charge in [-0.15, -0.1) is 23.5 Å². The maximum Gasteiger partial charge on any atom is 0.166 e. The van der Waals surface area contributed by atoms with Crippen LogP contribution in [0.4, 0.5) is 11.4 Å². The highest BCUT2D eigenvalue weighted by molar-refractivity contribution is 8.15. The molecule has 4 N–H and O–H groups in total. The Morgan fingerprint density at radius 3 is 1.45 bits per heavy atom. The van der Waals surface area contributed by atoms with Crippen LogP contribution in [0.25, 0.3) is 21.8 Å². The monoisotopic (exact) mass is 944 g/mol. The predicted octanol–water partition coefficient (Wildman–Crippen LogP) is 9.45. The summed E-state index contributed by atoms with van der Waals surface area (Å²) in [5.41, 5.74) is 6.67. The summed E-state index contributed by atoms with van der Waals surface area (Å²) in [7, 11) is 0. The number of fused-ring (bicyclic) bond motifs is 2. The van der Waals surface area contributed by atoms with E-state index in [9.17, 15) is 4.79 Å². The zero-order chi connectivity index (χ0) is 43.7. The first-order valence-corrected chi connectivity index (χ1v) is 27.0. The molecule has 0 spiro atoms. The number of hydrogen-bond donors (Lipinski definition) is 4. The van der Waals surface area contributed by atoms with E-state index in [-0.39, 0.29) is 12.1 Å². The number of rotatable bonds is 16. The minimum absolute atomic E-state index is 0.0648. The van der Waals surface area contributed by atoms with Crippen molar-refractivity contribution < 1.29 is 4.79 Å². The van der Waals surface area contributed by atoms with Crippen molar-refractivity contribution in [2.75, 3.05) is 87.6 Å². The number of hydrogen-bond acceptors (Lipinski definition) is 11. The number of carbonyl (C=O) groups excluding carboxylic acids is 1. The number of aromatic nitrogens is 2. The smallest absolute Gasteiger partial charge is 0.166 e. The van der Waals surface area contributed by atoms with Gasteiger partial charge in [0.2, 0.25) is 0 Å². The molecule has 344 valence electrons. The minimum atomic E-state index is -0.0648. The van der Waals surface area contributed by atoms with Crippen LogP contribution in [0, 0.1) is 0 Å². The van der Waals surface area contributed by atoms with Gasteiger partial charge in [0.05, 0.1) is 58.0 Å². The first-order valence-electron chi connectivity index (χ1n) is 24.2. The number of carbonyl (C=O) groups is 1. The van der Waals surface area contributed by atoms with E-state index in [2.05, 4.69) is 90.4 Å². The number of ketones is 1. The molecule has 2 unspecified atom stereocenters. The molecule has 2 aromatic heterocycles. The molecule has 2 saturated heterocycles. The van der Waals surface area contributed by atoms with Crippen LogP contribution in [-0.4, -0.2) is 159 Å². The molecule has 11 nitrogen and oxygen atoms in total. The Labute approximate surface area is 397 Å². The lowest BCUT2D eigenvalue weighted by Crippen LogP contribution is -2.57. The van der Waals surface area contributed by atoms with Gasteiger partial charge in [-0.3, -0.25) is 24.6 Å². The first-order chi connectivity index (χ1) is 31.2. The average Bonchev–Trinajstić information content (AvgIpc) is 4.16. The molecule has 4 aliphatic heterocycles. The van der Waals surface area contributed by atoms with E-state index in [0.717, 1.165) is 154 Å². The number of nitrogens with one attached hydrogen (secondary N) is 4. The standard InChI is InChI=1S/C49H66Cl2N10OS2/c1-31(60-19-15-58(16-20-60)13-11-39-29-63-48(54-39)43-25-33-23-35(50)27-41(45(33)56-43)52-37-7-3-4-8-37)47(62)32(2)61-21-17-59(18-22-61)14-12-40-30-64-49(55-40)44-26-34-24-36(51)28-42(46(34)57-44)53-38-9-5-6-10-38/h23-28,31-32,37-40,52-53,56-57H,3-22,29-30H2,1-2H3/t31?,32?,39-,40-/m1/s1. The summed E-state index contributed by atoms with van der Waals surface area (Å²) in [6, 6.07) is 14.2. The number of nitrogens with zero attached hydrogens (tertiary/aromatic N) is 6. The molecule has 0 bridgehead atoms. The van der Waals surface area contributed by atoms with Gasteiger partial charge in [-0.05, 0) is 88.8 Å². The van der Waals surface area contributed by atoms with Gasteiger partial charge < -0.3 is 30.4 Å². The summed E-state index contributed by atoms with van der Waals surface area (Å²) in [6.45, 7) is 14.1. The van der Waals surface area contributed by atoms with E-state index in [1.54, 1.807) is 0 Å². The fourth-order valence-electron chi connectivity index (χ4n) is 11.0. The van der Waals surface area contributed by atoms with Gasteiger partial charge in [-0.1, -0.05) is 48.9 Å². The molecular weight excluding hydrogens is 880 g/mol. The molecule has 64 heavy (non-hydrogen) atoms. The third-order valence-corrected chi connectivity index (χ3v) is 17.7. The quantitative estimate of drug-likeness (QED) is 0.0874. The zero-order valence-electron chi connectivity index (χ0n) is 37.6. The number of halogens is 2. The summed E-state index contributed by atoms with van der Waals surface area (Å²) in [6.07, 6.45) is 12.2. The fraction of sp³-hybridized carbons (Fsp3) is 0.612. The van der Waals surface area contributed by atoms with Crippen molar-refractivity contribution in [2.24, 2.45) is 9.98 Å². The molecule has 4 atom stereocenters. The van der Waals surface area contributed by atoms with Crippen LogP contribution < -0.4 is 10.6 Å². The molecule has 10 rings (SSSR count). The van der Waals surface area contributed by atoms with Crippen LogP contribution in [0.5, 0.6) is 0 Å². The maximum atomic E-state index is 13.9. The second-order valence-electron chi connectivity index (χ2n) is 19.3. The molecule has 4 aromatic rings. The summed E-state index contributed by atoms with van der Waals surface area (Å²) in [4.78, 5) is 41.6. The SMILES string of the molecule is CC(C(=O)C(C)N1CCN(CC[C@@H]2CSC(c3cc4cc(Cl)cc(NC5CCCC5)c4[nH]3)=N2)CC1)N1CCN(CC[C@@H]2CSC(c3cc4cc(Cl)cc(NC5CCCC5)c4[nH]3)=N2)CC1. The summed E-state index contributed by atoms with van der Waals surface area (Å²) in [5, 5.41) is 13.6. The third-order valence-electron chi connectivity index (χ3n) is 15.0. The van der Waals surface area contributed by atoms with Crippen molar-refractivity contribution in [3.05, 3.63) is 57.8 Å². The highest BCUT2D eigenvalue weighted by Gasteiger charge is 2.33. The van der Waals surface area contributed by atoms with Crippen LogP contribution in [0.1, 0.15) is 89.4 Å². The van der Waals surface area contributed by atoms with Gasteiger partial charge >= 0.3 is 0 Å². The Balaban J connectivity index is 0.641. The van der Waals surface area contributed by atoms with E-state index >= 15 is 0 Å². The van der Waals surface area contributed by atoms with Crippen LogP contribution >= 0.6 is 46.7 Å². The number of aromatic amines is 2. The Hall–Kier alpha value is -2.75. The number of anilines is 2. The molecule has 15 heteroatoms. The average molecular weight is 946 g/mol. The maximum absolute atomic E-state index is 13.9. The van der Waals surface area contributed by atoms with Crippen molar-refractivity contribution in [1.29, 1.82) is 0 Å². The molecule has 6 heterocycles. The molecule has 4 fully saturated rings. The van der Waals surface area contributed by atoms with Crippen molar-refractivity contribution in [1.82, 2.24) is 29.6 Å². The van der Waals surface area contributed by atoms with Gasteiger partial charge in [-0.2, -0.15) is 0 Å². The molecule has 2 aliphatic carbocycles. The Bertz CT molecular complexity index is 2180. The lowest BCUT2D eigenvalue weighted by Gasteiger charge is -2.41. The summed E-state index contributed by atoms with van der Waals surface area (Å²) >= 11 is 16.8. The normalized spacial score (nSPS) is 24.6. The highest BCUT2D eigenvalue weighted by Crippen LogP contribution is 2.36. The largest absolute Gasteiger partial charge is 0.381 e. The van der Waals surface area contributed by atoms with Crippen molar-refractivity contribution in [2.45, 2.75) is 114 Å². The Morgan fingerprint density at radius 2 is 1.05 bits per heavy atom. The van der Waals surface area contributed by atoms with E-state index in [4.69, 9.17) is 33.2 Å². The van der Waals surface area contributed by atoms with E-state index in [0.29, 0.717) is 30.0 Å². The number of thioether (sulfide) groups is 2. The minimum Gasteiger partial charge on any atom is -0.381 e. The zero-order valence-corrected chi connectivity index (χ0v) is 40.8. The molecule has 6 aliphatic rings. The molecule has 2 saturated carbocycles. The lowest BCUT2D eigenvalue weighted by molar-refractivity contribution is -0.130. The summed E-state index contributed by atoms with van der Waals surface area (Å²) < 4.78 is 0. The van der Waals surface area contributed by atoms with E-state index in [1.165, 1.54) is 51.4 Å². The van der Waals surface area contributed by atoms with Gasteiger partial charge in [0.1, 0.15) is 10.1 Å². The first kappa shape index (κ1) is 45.1. The highest BCUT2D eigenvalue weighted by atomic mass is 35.5. The summed E-state index contributed by atoms with van der Waals surface area (Å²) in [5.74, 6) is 2.40.